The van der Waals surface area contributed by atoms with Crippen LogP contribution in [0.3, 0.4) is 0 Å². The Bertz CT molecular complexity index is 497. The van der Waals surface area contributed by atoms with Gasteiger partial charge in [-0.15, -0.1) is 0 Å². The Hall–Kier alpha value is -1.71. The van der Waals surface area contributed by atoms with Crippen LogP contribution in [0.1, 0.15) is 62.7 Å². The van der Waals surface area contributed by atoms with Crippen LogP contribution in [-0.2, 0) is 4.74 Å². The first-order chi connectivity index (χ1) is 11.2. The van der Waals surface area contributed by atoms with Gasteiger partial charge in [0.2, 0.25) is 0 Å². The first-order valence-electron chi connectivity index (χ1n) is 8.92. The van der Waals surface area contributed by atoms with E-state index in [1.165, 1.54) is 12.8 Å². The van der Waals surface area contributed by atoms with Crippen molar-refractivity contribution in [3.8, 4) is 5.75 Å². The molecule has 0 aromatic heterocycles. The SMILES string of the molecule is CCCCOC(=O)c1ccc(NCC2CC2)cc1OCCCC. The fraction of sp³-hybridized carbons (Fsp3) is 0.632. The molecule has 128 valence electrons. The lowest BCUT2D eigenvalue weighted by Gasteiger charge is -2.14. The van der Waals surface area contributed by atoms with Crippen molar-refractivity contribution in [1.29, 1.82) is 0 Å². The fourth-order valence-electron chi connectivity index (χ4n) is 2.22. The average molecular weight is 319 g/mol. The van der Waals surface area contributed by atoms with E-state index in [-0.39, 0.29) is 5.97 Å². The standard InChI is InChI=1S/C19H29NO3/c1-3-5-11-22-18-13-16(20-14-15-7-8-15)9-10-17(18)19(21)23-12-6-4-2/h9-10,13,15,20H,3-8,11-12,14H2,1-2H3. The minimum atomic E-state index is -0.293. The van der Waals surface area contributed by atoms with Crippen molar-refractivity contribution in [2.75, 3.05) is 25.1 Å². The number of rotatable bonds is 11. The molecule has 1 saturated carbocycles. The lowest BCUT2D eigenvalue weighted by molar-refractivity contribution is 0.0495. The minimum Gasteiger partial charge on any atom is -0.493 e. The molecule has 2 rings (SSSR count). The van der Waals surface area contributed by atoms with Crippen molar-refractivity contribution < 1.29 is 14.3 Å². The number of carbonyl (C=O) groups is 1. The normalized spacial score (nSPS) is 13.7. The molecule has 1 aliphatic rings. The van der Waals surface area contributed by atoms with Gasteiger partial charge in [-0.2, -0.15) is 0 Å². The van der Waals surface area contributed by atoms with Gasteiger partial charge in [-0.1, -0.05) is 26.7 Å². The van der Waals surface area contributed by atoms with E-state index < -0.39 is 0 Å². The quantitative estimate of drug-likeness (QED) is 0.476. The molecule has 1 fully saturated rings. The molecule has 4 heteroatoms. The van der Waals surface area contributed by atoms with E-state index in [4.69, 9.17) is 9.47 Å². The highest BCUT2D eigenvalue weighted by Crippen LogP contribution is 2.30. The molecule has 0 spiro atoms. The number of anilines is 1. The molecule has 0 atom stereocenters. The summed E-state index contributed by atoms with van der Waals surface area (Å²) in [7, 11) is 0. The third-order valence-corrected chi connectivity index (χ3v) is 3.98. The molecule has 23 heavy (non-hydrogen) atoms. The lowest BCUT2D eigenvalue weighted by Crippen LogP contribution is -2.11. The molecule has 0 radical (unpaired) electrons. The van der Waals surface area contributed by atoms with E-state index in [0.717, 1.165) is 43.8 Å². The lowest BCUT2D eigenvalue weighted by atomic mass is 10.1. The van der Waals surface area contributed by atoms with Crippen LogP contribution in [0.15, 0.2) is 18.2 Å². The largest absolute Gasteiger partial charge is 0.493 e. The minimum absolute atomic E-state index is 0.293. The number of unbranched alkanes of at least 4 members (excludes halogenated alkanes) is 2. The van der Waals surface area contributed by atoms with Gasteiger partial charge in [0.1, 0.15) is 11.3 Å². The summed E-state index contributed by atoms with van der Waals surface area (Å²) in [6.45, 7) is 6.28. The number of benzene rings is 1. The molecular formula is C19H29NO3. The van der Waals surface area contributed by atoms with Crippen molar-refractivity contribution >= 4 is 11.7 Å². The van der Waals surface area contributed by atoms with Crippen LogP contribution < -0.4 is 10.1 Å². The maximum Gasteiger partial charge on any atom is 0.341 e. The van der Waals surface area contributed by atoms with Crippen molar-refractivity contribution in [3.05, 3.63) is 23.8 Å². The summed E-state index contributed by atoms with van der Waals surface area (Å²) in [6.07, 6.45) is 6.57. The average Bonchev–Trinajstić information content (AvgIpc) is 3.38. The van der Waals surface area contributed by atoms with Crippen LogP contribution >= 0.6 is 0 Å². The first kappa shape index (κ1) is 17.6. The maximum atomic E-state index is 12.2. The zero-order valence-electron chi connectivity index (χ0n) is 14.4. The van der Waals surface area contributed by atoms with Crippen molar-refractivity contribution in [3.63, 3.8) is 0 Å². The van der Waals surface area contributed by atoms with E-state index in [1.54, 1.807) is 0 Å². The predicted molar refractivity (Wildman–Crippen MR) is 93.2 cm³/mol. The fourth-order valence-corrected chi connectivity index (χ4v) is 2.22. The third-order valence-electron chi connectivity index (χ3n) is 3.98. The monoisotopic (exact) mass is 319 g/mol. The summed E-state index contributed by atoms with van der Waals surface area (Å²) < 4.78 is 11.2. The van der Waals surface area contributed by atoms with E-state index in [9.17, 15) is 4.79 Å². The second-order valence-electron chi connectivity index (χ2n) is 6.23. The molecule has 4 nitrogen and oxygen atoms in total. The van der Waals surface area contributed by atoms with E-state index in [1.807, 2.05) is 18.2 Å². The van der Waals surface area contributed by atoms with Crippen molar-refractivity contribution in [2.45, 2.75) is 52.4 Å². The van der Waals surface area contributed by atoms with Gasteiger partial charge >= 0.3 is 5.97 Å². The van der Waals surface area contributed by atoms with Crippen LogP contribution in [0.2, 0.25) is 0 Å². The second-order valence-corrected chi connectivity index (χ2v) is 6.23. The molecule has 0 amide bonds. The van der Waals surface area contributed by atoms with Gasteiger partial charge in [0.25, 0.3) is 0 Å². The highest BCUT2D eigenvalue weighted by atomic mass is 16.5. The first-order valence-corrected chi connectivity index (χ1v) is 8.92. The van der Waals surface area contributed by atoms with Gasteiger partial charge in [0.15, 0.2) is 0 Å². The summed E-state index contributed by atoms with van der Waals surface area (Å²) in [5.74, 6) is 1.14. The summed E-state index contributed by atoms with van der Waals surface area (Å²) in [6, 6.07) is 5.67. The van der Waals surface area contributed by atoms with E-state index >= 15 is 0 Å². The molecule has 0 saturated heterocycles. The van der Waals surface area contributed by atoms with Crippen molar-refractivity contribution in [1.82, 2.24) is 0 Å². The van der Waals surface area contributed by atoms with Gasteiger partial charge in [-0.05, 0) is 43.7 Å². The van der Waals surface area contributed by atoms with Crippen LogP contribution in [-0.4, -0.2) is 25.7 Å². The zero-order chi connectivity index (χ0) is 16.5. The topological polar surface area (TPSA) is 47.6 Å². The molecule has 1 aromatic carbocycles. The molecule has 0 heterocycles. The molecule has 0 aliphatic heterocycles. The zero-order valence-corrected chi connectivity index (χ0v) is 14.4. The molecule has 1 aromatic rings. The van der Waals surface area contributed by atoms with Crippen molar-refractivity contribution in [2.24, 2.45) is 5.92 Å². The summed E-state index contributed by atoms with van der Waals surface area (Å²) in [4.78, 5) is 12.2. The molecule has 1 N–H and O–H groups in total. The number of esters is 1. The molecule has 1 aliphatic carbocycles. The summed E-state index contributed by atoms with van der Waals surface area (Å²) in [5, 5.41) is 3.42. The summed E-state index contributed by atoms with van der Waals surface area (Å²) >= 11 is 0. The van der Waals surface area contributed by atoms with Crippen LogP contribution in [0.25, 0.3) is 0 Å². The number of hydrogen-bond donors (Lipinski definition) is 1. The molecule has 0 unspecified atom stereocenters. The Morgan fingerprint density at radius 2 is 1.91 bits per heavy atom. The molecule has 0 bridgehead atoms. The van der Waals surface area contributed by atoms with Crippen LogP contribution in [0, 0.1) is 5.92 Å². The maximum absolute atomic E-state index is 12.2. The Morgan fingerprint density at radius 3 is 2.61 bits per heavy atom. The Kier molecular flexibility index (Phi) is 7.24. The number of nitrogens with one attached hydrogen (secondary N) is 1. The van der Waals surface area contributed by atoms with Gasteiger partial charge in [-0.25, -0.2) is 4.79 Å². The Balaban J connectivity index is 2.02. The number of carbonyl (C=O) groups excluding carboxylic acids is 1. The number of ether oxygens (including phenoxy) is 2. The molecular weight excluding hydrogens is 290 g/mol. The van der Waals surface area contributed by atoms with Gasteiger partial charge < -0.3 is 14.8 Å². The van der Waals surface area contributed by atoms with Gasteiger partial charge in [0.05, 0.1) is 13.2 Å². The highest BCUT2D eigenvalue weighted by molar-refractivity contribution is 5.93. The van der Waals surface area contributed by atoms with Crippen LogP contribution in [0.5, 0.6) is 5.75 Å². The third kappa shape index (κ3) is 6.12. The number of hydrogen-bond acceptors (Lipinski definition) is 4. The Labute approximate surface area is 139 Å². The van der Waals surface area contributed by atoms with Gasteiger partial charge in [0, 0.05) is 18.3 Å². The summed E-state index contributed by atoms with van der Waals surface area (Å²) in [5.41, 5.74) is 1.53. The Morgan fingerprint density at radius 1 is 1.17 bits per heavy atom. The van der Waals surface area contributed by atoms with Gasteiger partial charge in [-0.3, -0.25) is 0 Å². The predicted octanol–water partition coefficient (Wildman–Crippen LogP) is 4.64. The smallest absolute Gasteiger partial charge is 0.341 e. The van der Waals surface area contributed by atoms with E-state index in [2.05, 4.69) is 19.2 Å². The van der Waals surface area contributed by atoms with E-state index in [0.29, 0.717) is 24.5 Å². The highest BCUT2D eigenvalue weighted by Gasteiger charge is 2.21. The second kappa shape index (κ2) is 9.43. The van der Waals surface area contributed by atoms with Crippen LogP contribution in [0.4, 0.5) is 5.69 Å².